The van der Waals surface area contributed by atoms with Crippen LogP contribution in [-0.2, 0) is 0 Å². The van der Waals surface area contributed by atoms with E-state index in [1.807, 2.05) is 18.7 Å². The maximum absolute atomic E-state index is 15.6. The van der Waals surface area contributed by atoms with Gasteiger partial charge in [-0.1, -0.05) is 11.3 Å². The fourth-order valence-electron chi connectivity index (χ4n) is 3.32. The number of hydrogen-bond acceptors (Lipinski definition) is 6. The zero-order valence-corrected chi connectivity index (χ0v) is 19.9. The molecule has 0 radical (unpaired) electrons. The third-order valence-electron chi connectivity index (χ3n) is 5.08. The van der Waals surface area contributed by atoms with Gasteiger partial charge < -0.3 is 9.62 Å². The highest BCUT2D eigenvalue weighted by Gasteiger charge is 2.25. The normalized spacial score (nSPS) is 11.0. The minimum atomic E-state index is -0.879. The van der Waals surface area contributed by atoms with Crippen molar-refractivity contribution in [3.8, 4) is 21.7 Å². The summed E-state index contributed by atoms with van der Waals surface area (Å²) in [4.78, 5) is 11.2. The maximum atomic E-state index is 15.6. The van der Waals surface area contributed by atoms with Gasteiger partial charge in [0.15, 0.2) is 10.9 Å². The van der Waals surface area contributed by atoms with Gasteiger partial charge >= 0.3 is 0 Å². The second-order valence-corrected chi connectivity index (χ2v) is 8.97. The summed E-state index contributed by atoms with van der Waals surface area (Å²) in [6.45, 7) is 5.32. The summed E-state index contributed by atoms with van der Waals surface area (Å²) in [7, 11) is 0. The van der Waals surface area contributed by atoms with Crippen LogP contribution in [0.25, 0.3) is 21.7 Å². The fourth-order valence-corrected chi connectivity index (χ4v) is 5.24. The van der Waals surface area contributed by atoms with Gasteiger partial charge in [0.25, 0.3) is 0 Å². The Bertz CT molecular complexity index is 1290. The van der Waals surface area contributed by atoms with E-state index in [9.17, 15) is 8.78 Å². The first kappa shape index (κ1) is 24.0. The molecule has 0 aliphatic carbocycles. The van der Waals surface area contributed by atoms with E-state index in [0.29, 0.717) is 35.0 Å². The molecule has 0 amide bonds. The molecule has 0 unspecified atom stereocenters. The molecule has 0 aliphatic rings. The van der Waals surface area contributed by atoms with Crippen molar-refractivity contribution >= 4 is 34.1 Å². The van der Waals surface area contributed by atoms with Crippen molar-refractivity contribution in [2.24, 2.45) is 0 Å². The third kappa shape index (κ3) is 4.88. The second kappa shape index (κ2) is 10.4. The monoisotopic (exact) mass is 504 g/mol. The van der Waals surface area contributed by atoms with Crippen molar-refractivity contribution < 1.29 is 17.6 Å². The van der Waals surface area contributed by atoms with Crippen LogP contribution in [0.3, 0.4) is 0 Å². The molecule has 2 aromatic heterocycles. The van der Waals surface area contributed by atoms with Gasteiger partial charge in [-0.3, -0.25) is 4.98 Å². The van der Waals surface area contributed by atoms with E-state index >= 15 is 8.78 Å². The van der Waals surface area contributed by atoms with E-state index in [4.69, 9.17) is 0 Å². The van der Waals surface area contributed by atoms with Crippen LogP contribution in [0.2, 0.25) is 0 Å². The molecule has 0 fully saturated rings. The van der Waals surface area contributed by atoms with Crippen LogP contribution in [0, 0.1) is 23.3 Å². The Morgan fingerprint density at radius 1 is 0.941 bits per heavy atom. The van der Waals surface area contributed by atoms with Gasteiger partial charge in [-0.25, -0.2) is 22.5 Å². The van der Waals surface area contributed by atoms with Gasteiger partial charge in [-0.15, -0.1) is 0 Å². The van der Waals surface area contributed by atoms with Gasteiger partial charge in [0, 0.05) is 25.5 Å². The zero-order valence-electron chi connectivity index (χ0n) is 18.3. The Kier molecular flexibility index (Phi) is 7.38. The van der Waals surface area contributed by atoms with E-state index in [1.165, 1.54) is 17.4 Å². The SMILES string of the molecule is CCN(CC)c1nc(-c2c(F)ccc(NSc3cc(F)ccc3F)c2F)c(-c2ccncc2)s1. The van der Waals surface area contributed by atoms with Crippen LogP contribution in [0.15, 0.2) is 59.8 Å². The predicted octanol–water partition coefficient (Wildman–Crippen LogP) is 7.39. The molecule has 4 nitrogen and oxygen atoms in total. The van der Waals surface area contributed by atoms with Gasteiger partial charge in [0.05, 0.1) is 26.7 Å². The van der Waals surface area contributed by atoms with Gasteiger partial charge in [-0.2, -0.15) is 0 Å². The molecule has 0 bridgehead atoms. The Balaban J connectivity index is 1.79. The standard InChI is InChI=1S/C24H20F4N4S2/c1-3-32(4-2)24-30-22(23(33-24)14-9-11-29-12-10-14)20-17(27)7-8-18(21(20)28)31-34-19-13-15(25)5-6-16(19)26/h5-13,31H,3-4H2,1-2H3. The summed E-state index contributed by atoms with van der Waals surface area (Å²) in [6.07, 6.45) is 3.20. The molecule has 34 heavy (non-hydrogen) atoms. The summed E-state index contributed by atoms with van der Waals surface area (Å²) < 4.78 is 60.8. The molecule has 1 N–H and O–H groups in total. The largest absolute Gasteiger partial charge is 0.349 e. The van der Waals surface area contributed by atoms with Crippen LogP contribution in [-0.4, -0.2) is 23.1 Å². The predicted molar refractivity (Wildman–Crippen MR) is 130 cm³/mol. The lowest BCUT2D eigenvalue weighted by Gasteiger charge is -2.16. The summed E-state index contributed by atoms with van der Waals surface area (Å²) in [5.74, 6) is -2.95. The van der Waals surface area contributed by atoms with E-state index in [-0.39, 0.29) is 21.8 Å². The van der Waals surface area contributed by atoms with Crippen LogP contribution in [0.4, 0.5) is 28.4 Å². The number of thiazole rings is 1. The highest BCUT2D eigenvalue weighted by Crippen LogP contribution is 2.43. The number of rotatable bonds is 8. The van der Waals surface area contributed by atoms with Crippen molar-refractivity contribution in [3.05, 3.63) is 78.1 Å². The molecule has 0 saturated carbocycles. The summed E-state index contributed by atoms with van der Waals surface area (Å²) in [5.41, 5.74) is 0.517. The van der Waals surface area contributed by atoms with Crippen LogP contribution >= 0.6 is 23.3 Å². The molecule has 2 aromatic carbocycles. The first-order chi connectivity index (χ1) is 16.4. The number of hydrogen-bond donors (Lipinski definition) is 1. The summed E-state index contributed by atoms with van der Waals surface area (Å²) in [5, 5.41) is 0.639. The van der Waals surface area contributed by atoms with Crippen LogP contribution < -0.4 is 9.62 Å². The van der Waals surface area contributed by atoms with Crippen molar-refractivity contribution in [1.29, 1.82) is 0 Å². The van der Waals surface area contributed by atoms with Gasteiger partial charge in [0.2, 0.25) is 0 Å². The quantitative estimate of drug-likeness (QED) is 0.200. The lowest BCUT2D eigenvalue weighted by molar-refractivity contribution is 0.577. The third-order valence-corrected chi connectivity index (χ3v) is 7.10. The Hall–Kier alpha value is -3.11. The number of nitrogens with one attached hydrogen (secondary N) is 1. The Morgan fingerprint density at radius 2 is 1.65 bits per heavy atom. The first-order valence-electron chi connectivity index (χ1n) is 10.4. The van der Waals surface area contributed by atoms with E-state index in [1.54, 1.807) is 24.5 Å². The summed E-state index contributed by atoms with van der Waals surface area (Å²) in [6, 6.07) is 8.81. The van der Waals surface area contributed by atoms with Crippen molar-refractivity contribution in [2.75, 3.05) is 22.7 Å². The van der Waals surface area contributed by atoms with Crippen molar-refractivity contribution in [3.63, 3.8) is 0 Å². The number of benzene rings is 2. The lowest BCUT2D eigenvalue weighted by atomic mass is 10.1. The summed E-state index contributed by atoms with van der Waals surface area (Å²) >= 11 is 2.03. The number of pyridine rings is 1. The second-order valence-electron chi connectivity index (χ2n) is 7.15. The minimum Gasteiger partial charge on any atom is -0.349 e. The van der Waals surface area contributed by atoms with E-state index in [2.05, 4.69) is 14.7 Å². The molecule has 2 heterocycles. The van der Waals surface area contributed by atoms with Gasteiger partial charge in [-0.05, 0) is 73.8 Å². The Morgan fingerprint density at radius 3 is 2.35 bits per heavy atom. The number of anilines is 2. The molecule has 10 heteroatoms. The highest BCUT2D eigenvalue weighted by atomic mass is 32.2. The molecule has 4 rings (SSSR count). The number of aromatic nitrogens is 2. The molecule has 0 aliphatic heterocycles. The lowest BCUT2D eigenvalue weighted by Crippen LogP contribution is -2.21. The van der Waals surface area contributed by atoms with Crippen LogP contribution in [0.5, 0.6) is 0 Å². The average molecular weight is 505 g/mol. The van der Waals surface area contributed by atoms with Gasteiger partial charge in [0.1, 0.15) is 17.5 Å². The maximum Gasteiger partial charge on any atom is 0.186 e. The molecule has 0 spiro atoms. The van der Waals surface area contributed by atoms with E-state index < -0.39 is 23.3 Å². The van der Waals surface area contributed by atoms with Crippen LogP contribution in [0.1, 0.15) is 13.8 Å². The highest BCUT2D eigenvalue weighted by molar-refractivity contribution is 8.00. The molecular weight excluding hydrogens is 484 g/mol. The zero-order chi connectivity index (χ0) is 24.2. The number of nitrogens with zero attached hydrogens (tertiary/aromatic N) is 3. The Labute approximate surface area is 202 Å². The van der Waals surface area contributed by atoms with Crippen molar-refractivity contribution in [2.45, 2.75) is 18.7 Å². The van der Waals surface area contributed by atoms with Crippen molar-refractivity contribution in [1.82, 2.24) is 9.97 Å². The number of halogens is 4. The average Bonchev–Trinajstić information content (AvgIpc) is 3.26. The molecule has 176 valence electrons. The molecule has 0 atom stereocenters. The molecular formula is C24H20F4N4S2. The molecule has 0 saturated heterocycles. The fraction of sp³-hybridized carbons (Fsp3) is 0.167. The molecule has 4 aromatic rings. The first-order valence-corrected chi connectivity index (χ1v) is 12.1. The smallest absolute Gasteiger partial charge is 0.186 e. The topological polar surface area (TPSA) is 41.1 Å². The minimum absolute atomic E-state index is 0.0553. The van der Waals surface area contributed by atoms with E-state index in [0.717, 1.165) is 29.8 Å².